The first kappa shape index (κ1) is 23.9. The lowest BCUT2D eigenvalue weighted by Gasteiger charge is -2.52. The van der Waals surface area contributed by atoms with Gasteiger partial charge < -0.3 is 23.8 Å². The number of aromatic nitrogens is 2. The molecule has 0 amide bonds. The molecule has 188 valence electrons. The van der Waals surface area contributed by atoms with Gasteiger partial charge in [-0.3, -0.25) is 0 Å². The molecule has 1 atom stereocenters. The van der Waals surface area contributed by atoms with E-state index in [4.69, 9.17) is 14.3 Å². The number of morpholine rings is 1. The fourth-order valence-electron chi connectivity index (χ4n) is 4.98. The lowest BCUT2D eigenvalue weighted by Crippen LogP contribution is -2.62. The van der Waals surface area contributed by atoms with Crippen LogP contribution >= 0.6 is 0 Å². The SMILES string of the molecule is CCC1(c2ccc(F)cc2)CON=C2/C(=C/c3ccc(-n4cnc(C)c4)c(OC)c3)OC(C)(C)CN21. The number of oxime groups is 1. The lowest BCUT2D eigenvalue weighted by atomic mass is 9.83. The topological polar surface area (TPSA) is 61.1 Å². The number of amidine groups is 1. The third kappa shape index (κ3) is 4.21. The minimum absolute atomic E-state index is 0.262. The molecular formula is C28H31FN4O3. The van der Waals surface area contributed by atoms with Crippen molar-refractivity contribution in [2.45, 2.75) is 45.3 Å². The molecule has 5 rings (SSSR count). The Morgan fingerprint density at radius 2 is 1.94 bits per heavy atom. The highest BCUT2D eigenvalue weighted by Crippen LogP contribution is 2.42. The molecule has 36 heavy (non-hydrogen) atoms. The average molecular weight is 491 g/mol. The molecule has 3 aromatic rings. The van der Waals surface area contributed by atoms with E-state index in [0.717, 1.165) is 28.9 Å². The van der Waals surface area contributed by atoms with Crippen LogP contribution < -0.4 is 4.74 Å². The summed E-state index contributed by atoms with van der Waals surface area (Å²) in [6, 6.07) is 12.6. The Labute approximate surface area is 210 Å². The summed E-state index contributed by atoms with van der Waals surface area (Å²) in [5, 5.41) is 4.42. The number of methoxy groups -OCH3 is 1. The summed E-state index contributed by atoms with van der Waals surface area (Å²) in [4.78, 5) is 12.4. The van der Waals surface area contributed by atoms with Crippen molar-refractivity contribution in [3.05, 3.63) is 83.4 Å². The standard InChI is InChI=1S/C28H31FN4O3/c1-6-28(21-8-10-22(29)11-9-21)17-35-31-26-25(36-27(3,4)16-33(26)28)14-20-7-12-23(24(13-20)34-5)32-15-19(2)30-18-32/h7-15,18H,6,16-17H2,1-5H3/b25-14-. The zero-order valence-electron chi connectivity index (χ0n) is 21.3. The smallest absolute Gasteiger partial charge is 0.211 e. The molecule has 2 aromatic carbocycles. The summed E-state index contributed by atoms with van der Waals surface area (Å²) >= 11 is 0. The fraction of sp³-hybridized carbons (Fsp3) is 0.357. The minimum atomic E-state index is -0.494. The van der Waals surface area contributed by atoms with Crippen LogP contribution in [-0.4, -0.2) is 46.1 Å². The lowest BCUT2D eigenvalue weighted by molar-refractivity contribution is -0.0734. The largest absolute Gasteiger partial charge is 0.495 e. The summed E-state index contributed by atoms with van der Waals surface area (Å²) in [7, 11) is 1.65. The fourth-order valence-corrected chi connectivity index (χ4v) is 4.98. The Balaban J connectivity index is 1.56. The number of ether oxygens (including phenoxy) is 2. The molecule has 2 aliphatic heterocycles. The van der Waals surface area contributed by atoms with Crippen LogP contribution in [0.15, 0.2) is 65.9 Å². The third-order valence-corrected chi connectivity index (χ3v) is 6.83. The number of fused-ring (bicyclic) bond motifs is 1. The van der Waals surface area contributed by atoms with Crippen molar-refractivity contribution in [3.8, 4) is 11.4 Å². The summed E-state index contributed by atoms with van der Waals surface area (Å²) in [5.41, 5.74) is 2.73. The van der Waals surface area contributed by atoms with Gasteiger partial charge in [0.15, 0.2) is 5.76 Å². The van der Waals surface area contributed by atoms with Crippen molar-refractivity contribution in [2.24, 2.45) is 5.16 Å². The predicted molar refractivity (Wildman–Crippen MR) is 136 cm³/mol. The second-order valence-corrected chi connectivity index (χ2v) is 9.89. The van der Waals surface area contributed by atoms with Gasteiger partial charge >= 0.3 is 0 Å². The molecule has 0 spiro atoms. The molecule has 3 heterocycles. The maximum atomic E-state index is 13.7. The molecule has 1 fully saturated rings. The molecule has 1 unspecified atom stereocenters. The van der Waals surface area contributed by atoms with Crippen LogP contribution in [0.2, 0.25) is 0 Å². The van der Waals surface area contributed by atoms with Crippen molar-refractivity contribution in [1.82, 2.24) is 14.5 Å². The van der Waals surface area contributed by atoms with Crippen LogP contribution in [0.25, 0.3) is 11.8 Å². The molecule has 0 saturated carbocycles. The summed E-state index contributed by atoms with van der Waals surface area (Å²) < 4.78 is 27.8. The van der Waals surface area contributed by atoms with Gasteiger partial charge in [-0.2, -0.15) is 0 Å². The Kier molecular flexibility index (Phi) is 5.98. The van der Waals surface area contributed by atoms with Gasteiger partial charge in [-0.25, -0.2) is 9.37 Å². The molecule has 7 nitrogen and oxygen atoms in total. The Morgan fingerprint density at radius 3 is 2.61 bits per heavy atom. The minimum Gasteiger partial charge on any atom is -0.495 e. The summed E-state index contributed by atoms with van der Waals surface area (Å²) in [6.45, 7) is 9.16. The zero-order chi connectivity index (χ0) is 25.5. The van der Waals surface area contributed by atoms with Crippen molar-refractivity contribution >= 4 is 11.9 Å². The van der Waals surface area contributed by atoms with Gasteiger partial charge in [-0.05, 0) is 68.7 Å². The van der Waals surface area contributed by atoms with Crippen molar-refractivity contribution < 1.29 is 18.7 Å². The maximum Gasteiger partial charge on any atom is 0.211 e. The molecule has 0 radical (unpaired) electrons. The highest BCUT2D eigenvalue weighted by molar-refractivity contribution is 6.01. The van der Waals surface area contributed by atoms with Gasteiger partial charge in [-0.15, -0.1) is 0 Å². The number of hydrogen-bond donors (Lipinski definition) is 0. The second-order valence-electron chi connectivity index (χ2n) is 9.89. The van der Waals surface area contributed by atoms with E-state index in [0.29, 0.717) is 30.5 Å². The highest BCUT2D eigenvalue weighted by atomic mass is 19.1. The highest BCUT2D eigenvalue weighted by Gasteiger charge is 2.49. The van der Waals surface area contributed by atoms with Gasteiger partial charge in [0.1, 0.15) is 29.3 Å². The van der Waals surface area contributed by atoms with E-state index in [-0.39, 0.29) is 5.82 Å². The van der Waals surface area contributed by atoms with Crippen LogP contribution in [0.1, 0.15) is 44.0 Å². The molecule has 1 saturated heterocycles. The number of benzene rings is 2. The second kappa shape index (κ2) is 9.00. The molecule has 0 bridgehead atoms. The quantitative estimate of drug-likeness (QED) is 0.477. The van der Waals surface area contributed by atoms with E-state index < -0.39 is 11.1 Å². The van der Waals surface area contributed by atoms with Gasteiger partial charge in [0.2, 0.25) is 5.84 Å². The molecule has 8 heteroatoms. The average Bonchev–Trinajstić information content (AvgIpc) is 3.29. The van der Waals surface area contributed by atoms with E-state index >= 15 is 0 Å². The van der Waals surface area contributed by atoms with Crippen LogP contribution in [0, 0.1) is 12.7 Å². The van der Waals surface area contributed by atoms with Crippen molar-refractivity contribution in [1.29, 1.82) is 0 Å². The number of hydrogen-bond acceptors (Lipinski definition) is 6. The monoisotopic (exact) mass is 490 g/mol. The van der Waals surface area contributed by atoms with Crippen LogP contribution in [0.5, 0.6) is 5.75 Å². The molecule has 0 N–H and O–H groups in total. The molecular weight excluding hydrogens is 459 g/mol. The molecule has 1 aromatic heterocycles. The summed E-state index contributed by atoms with van der Waals surface area (Å²) in [5.74, 6) is 1.69. The number of imidazole rings is 1. The molecule has 0 aliphatic carbocycles. The van der Waals surface area contributed by atoms with Gasteiger partial charge in [-0.1, -0.05) is 30.3 Å². The Morgan fingerprint density at radius 1 is 1.17 bits per heavy atom. The van der Waals surface area contributed by atoms with E-state index in [2.05, 4.69) is 35.8 Å². The van der Waals surface area contributed by atoms with Crippen LogP contribution in [0.3, 0.4) is 0 Å². The van der Waals surface area contributed by atoms with Gasteiger partial charge in [0, 0.05) is 6.20 Å². The first-order valence-corrected chi connectivity index (χ1v) is 12.1. The van der Waals surface area contributed by atoms with Gasteiger partial charge in [0.05, 0.1) is 31.4 Å². The zero-order valence-corrected chi connectivity index (χ0v) is 21.3. The first-order chi connectivity index (χ1) is 17.2. The Hall–Kier alpha value is -3.81. The van der Waals surface area contributed by atoms with Crippen molar-refractivity contribution in [3.63, 3.8) is 0 Å². The first-order valence-electron chi connectivity index (χ1n) is 12.1. The maximum absolute atomic E-state index is 13.7. The number of nitrogens with zero attached hydrogens (tertiary/aromatic N) is 4. The number of halogens is 1. The van der Waals surface area contributed by atoms with Gasteiger partial charge in [0.25, 0.3) is 0 Å². The Bertz CT molecular complexity index is 1330. The summed E-state index contributed by atoms with van der Waals surface area (Å²) in [6.07, 6.45) is 6.43. The third-order valence-electron chi connectivity index (χ3n) is 6.83. The van der Waals surface area contributed by atoms with Crippen LogP contribution in [0.4, 0.5) is 4.39 Å². The van der Waals surface area contributed by atoms with Crippen LogP contribution in [-0.2, 0) is 15.1 Å². The van der Waals surface area contributed by atoms with E-state index in [1.165, 1.54) is 12.1 Å². The van der Waals surface area contributed by atoms with E-state index in [1.807, 2.05) is 54.1 Å². The number of rotatable bonds is 5. The van der Waals surface area contributed by atoms with Crippen molar-refractivity contribution in [2.75, 3.05) is 20.3 Å². The van der Waals surface area contributed by atoms with E-state index in [9.17, 15) is 4.39 Å². The van der Waals surface area contributed by atoms with E-state index in [1.54, 1.807) is 13.4 Å². The number of aryl methyl sites for hydroxylation is 1. The molecule has 2 aliphatic rings. The predicted octanol–water partition coefficient (Wildman–Crippen LogP) is 5.43. The normalized spacial score (nSPS) is 21.9.